The Morgan fingerprint density at radius 1 is 1.09 bits per heavy atom. The average molecular weight is 294 g/mol. The molecule has 1 aromatic carbocycles. The van der Waals surface area contributed by atoms with Gasteiger partial charge in [0.1, 0.15) is 12.4 Å². The first kappa shape index (κ1) is 13.8. The minimum atomic E-state index is 0.488. The summed E-state index contributed by atoms with van der Waals surface area (Å²) in [4.78, 5) is 6.73. The van der Waals surface area contributed by atoms with Gasteiger partial charge in [0.25, 0.3) is 0 Å². The van der Waals surface area contributed by atoms with E-state index in [1.807, 2.05) is 12.4 Å². The van der Waals surface area contributed by atoms with Gasteiger partial charge in [-0.15, -0.1) is 0 Å². The van der Waals surface area contributed by atoms with Gasteiger partial charge in [0.15, 0.2) is 0 Å². The zero-order valence-electron chi connectivity index (χ0n) is 13.0. The zero-order valence-corrected chi connectivity index (χ0v) is 13.0. The van der Waals surface area contributed by atoms with Crippen LogP contribution in [0.1, 0.15) is 31.7 Å². The summed E-state index contributed by atoms with van der Waals surface area (Å²) in [6, 6.07) is 11.9. The van der Waals surface area contributed by atoms with Crippen molar-refractivity contribution in [3.63, 3.8) is 0 Å². The first-order valence-electron chi connectivity index (χ1n) is 8.23. The van der Waals surface area contributed by atoms with Crippen LogP contribution in [0, 0.1) is 0 Å². The topological polar surface area (TPSA) is 25.4 Å². The summed E-state index contributed by atoms with van der Waals surface area (Å²) in [5.41, 5.74) is 3.77. The summed E-state index contributed by atoms with van der Waals surface area (Å²) >= 11 is 0. The molecular weight excluding hydrogens is 272 g/mol. The molecule has 0 saturated heterocycles. The molecule has 0 bridgehead atoms. The van der Waals surface area contributed by atoms with Gasteiger partial charge >= 0.3 is 0 Å². The molecule has 0 spiro atoms. The molecule has 2 aromatic rings. The van der Waals surface area contributed by atoms with Crippen LogP contribution in [0.2, 0.25) is 0 Å². The van der Waals surface area contributed by atoms with Crippen molar-refractivity contribution in [1.29, 1.82) is 0 Å². The Bertz CT molecular complexity index is 652. The molecule has 1 saturated carbocycles. The maximum atomic E-state index is 6.05. The number of ether oxygens (including phenoxy) is 1. The van der Waals surface area contributed by atoms with E-state index in [4.69, 9.17) is 4.74 Å². The van der Waals surface area contributed by atoms with Crippen molar-refractivity contribution in [2.45, 2.75) is 44.8 Å². The number of pyridine rings is 1. The minimum absolute atomic E-state index is 0.488. The van der Waals surface area contributed by atoms with Crippen molar-refractivity contribution >= 4 is 0 Å². The van der Waals surface area contributed by atoms with Crippen LogP contribution in [0.5, 0.6) is 5.75 Å². The number of hydrogen-bond donors (Lipinski definition) is 0. The Morgan fingerprint density at radius 2 is 1.91 bits per heavy atom. The predicted octanol–water partition coefficient (Wildman–Crippen LogP) is 3.88. The highest BCUT2D eigenvalue weighted by molar-refractivity contribution is 5.65. The van der Waals surface area contributed by atoms with E-state index in [1.165, 1.54) is 36.0 Å². The van der Waals surface area contributed by atoms with Crippen LogP contribution >= 0.6 is 0 Å². The number of hydrogen-bond acceptors (Lipinski definition) is 3. The molecule has 1 fully saturated rings. The molecule has 22 heavy (non-hydrogen) atoms. The van der Waals surface area contributed by atoms with E-state index < -0.39 is 0 Å². The Kier molecular flexibility index (Phi) is 3.59. The van der Waals surface area contributed by atoms with Crippen molar-refractivity contribution in [3.8, 4) is 16.9 Å². The lowest BCUT2D eigenvalue weighted by molar-refractivity contribution is 0.0649. The number of benzene rings is 1. The van der Waals surface area contributed by atoms with Crippen LogP contribution in [0.3, 0.4) is 0 Å². The molecule has 2 heterocycles. The van der Waals surface area contributed by atoms with E-state index in [1.54, 1.807) is 0 Å². The molecule has 1 atom stereocenters. The maximum Gasteiger partial charge on any atom is 0.123 e. The van der Waals surface area contributed by atoms with Gasteiger partial charge in [-0.3, -0.25) is 9.88 Å². The van der Waals surface area contributed by atoms with Crippen LogP contribution < -0.4 is 4.74 Å². The average Bonchev–Trinajstić information content (AvgIpc) is 2.66. The highest BCUT2D eigenvalue weighted by Crippen LogP contribution is 2.34. The molecule has 4 rings (SSSR count). The predicted molar refractivity (Wildman–Crippen MR) is 87.8 cm³/mol. The van der Waals surface area contributed by atoms with Gasteiger partial charge in [-0.1, -0.05) is 12.5 Å². The molecule has 2 aliphatic rings. The minimum Gasteiger partial charge on any atom is -0.492 e. The Hall–Kier alpha value is -1.87. The van der Waals surface area contributed by atoms with Crippen LogP contribution in [0.25, 0.3) is 11.1 Å². The molecule has 1 aromatic heterocycles. The molecule has 0 radical (unpaired) electrons. The van der Waals surface area contributed by atoms with Gasteiger partial charge < -0.3 is 4.74 Å². The molecular formula is C19H22N2O. The third-order valence-electron chi connectivity index (χ3n) is 5.02. The van der Waals surface area contributed by atoms with E-state index in [0.29, 0.717) is 6.04 Å². The number of rotatable bonds is 2. The standard InChI is InChI=1S/C19H22N2O/c1-14-13-22-19-6-5-16(15-7-9-20-10-8-15)11-17(19)12-21(14)18-3-2-4-18/h5-11,14,18H,2-4,12-13H2,1H3/t14-/m0/s1. The van der Waals surface area contributed by atoms with Gasteiger partial charge in [0.05, 0.1) is 0 Å². The molecule has 0 amide bonds. The van der Waals surface area contributed by atoms with Crippen molar-refractivity contribution in [2.24, 2.45) is 0 Å². The van der Waals surface area contributed by atoms with Crippen molar-refractivity contribution in [3.05, 3.63) is 48.3 Å². The quantitative estimate of drug-likeness (QED) is 0.840. The Morgan fingerprint density at radius 3 is 2.64 bits per heavy atom. The number of fused-ring (bicyclic) bond motifs is 1. The van der Waals surface area contributed by atoms with E-state index in [2.05, 4.69) is 47.1 Å². The van der Waals surface area contributed by atoms with Crippen LogP contribution in [-0.4, -0.2) is 28.6 Å². The van der Waals surface area contributed by atoms with Crippen LogP contribution in [-0.2, 0) is 6.54 Å². The largest absolute Gasteiger partial charge is 0.492 e. The summed E-state index contributed by atoms with van der Waals surface area (Å²) in [5.74, 6) is 1.05. The zero-order chi connectivity index (χ0) is 14.9. The molecule has 0 unspecified atom stereocenters. The Labute approximate surface area is 131 Å². The van der Waals surface area contributed by atoms with Gasteiger partial charge in [-0.2, -0.15) is 0 Å². The van der Waals surface area contributed by atoms with E-state index in [9.17, 15) is 0 Å². The van der Waals surface area contributed by atoms with E-state index >= 15 is 0 Å². The Balaban J connectivity index is 1.67. The summed E-state index contributed by atoms with van der Waals surface area (Å²) in [6.45, 7) is 4.08. The summed E-state index contributed by atoms with van der Waals surface area (Å²) < 4.78 is 6.05. The van der Waals surface area contributed by atoms with E-state index in [0.717, 1.165) is 24.9 Å². The highest BCUT2D eigenvalue weighted by Gasteiger charge is 2.31. The van der Waals surface area contributed by atoms with Gasteiger partial charge in [0.2, 0.25) is 0 Å². The fourth-order valence-electron chi connectivity index (χ4n) is 3.43. The molecule has 1 aliphatic heterocycles. The molecule has 114 valence electrons. The molecule has 3 heteroatoms. The second-order valence-corrected chi connectivity index (χ2v) is 6.48. The highest BCUT2D eigenvalue weighted by atomic mass is 16.5. The van der Waals surface area contributed by atoms with Crippen LogP contribution in [0.15, 0.2) is 42.7 Å². The van der Waals surface area contributed by atoms with Gasteiger partial charge in [-0.25, -0.2) is 0 Å². The second kappa shape index (κ2) is 5.73. The fourth-order valence-corrected chi connectivity index (χ4v) is 3.43. The molecule has 1 aliphatic carbocycles. The lowest BCUT2D eigenvalue weighted by Gasteiger charge is -2.40. The third kappa shape index (κ3) is 2.50. The summed E-state index contributed by atoms with van der Waals surface area (Å²) in [5, 5.41) is 0. The van der Waals surface area contributed by atoms with Crippen molar-refractivity contribution < 1.29 is 4.74 Å². The van der Waals surface area contributed by atoms with Crippen molar-refractivity contribution in [2.75, 3.05) is 6.61 Å². The normalized spacial score (nSPS) is 22.3. The first-order valence-corrected chi connectivity index (χ1v) is 8.23. The molecule has 3 nitrogen and oxygen atoms in total. The van der Waals surface area contributed by atoms with Gasteiger partial charge in [-0.05, 0) is 55.2 Å². The monoisotopic (exact) mass is 294 g/mol. The summed E-state index contributed by atoms with van der Waals surface area (Å²) in [7, 11) is 0. The number of nitrogens with zero attached hydrogens (tertiary/aromatic N) is 2. The van der Waals surface area contributed by atoms with Crippen molar-refractivity contribution in [1.82, 2.24) is 9.88 Å². The fraction of sp³-hybridized carbons (Fsp3) is 0.421. The number of aromatic nitrogens is 1. The van der Waals surface area contributed by atoms with E-state index in [-0.39, 0.29) is 0 Å². The lowest BCUT2D eigenvalue weighted by atomic mass is 9.90. The SMILES string of the molecule is C[C@H]1COc2ccc(-c3ccncc3)cc2CN1C1CCC1. The first-order chi connectivity index (χ1) is 10.8. The third-order valence-corrected chi connectivity index (χ3v) is 5.02. The summed E-state index contributed by atoms with van der Waals surface area (Å²) in [6.07, 6.45) is 7.74. The van der Waals surface area contributed by atoms with Gasteiger partial charge in [0, 0.05) is 36.6 Å². The molecule has 0 N–H and O–H groups in total. The van der Waals surface area contributed by atoms with Crippen LogP contribution in [0.4, 0.5) is 0 Å². The maximum absolute atomic E-state index is 6.05. The smallest absolute Gasteiger partial charge is 0.123 e. The second-order valence-electron chi connectivity index (χ2n) is 6.48. The lowest BCUT2D eigenvalue weighted by Crippen LogP contribution is -2.46.